The molecule has 2 aromatic carbocycles. The third-order valence-electron chi connectivity index (χ3n) is 5.56. The number of anilines is 1. The van der Waals surface area contributed by atoms with Crippen LogP contribution in [0.15, 0.2) is 71.6 Å². The second kappa shape index (κ2) is 8.80. The first kappa shape index (κ1) is 22.3. The van der Waals surface area contributed by atoms with Crippen LogP contribution in [-0.2, 0) is 0 Å². The summed E-state index contributed by atoms with van der Waals surface area (Å²) < 4.78 is 12.2. The van der Waals surface area contributed by atoms with Crippen LogP contribution in [0.5, 0.6) is 5.75 Å². The number of benzene rings is 2. The molecule has 0 aliphatic carbocycles. The Morgan fingerprint density at radius 1 is 1.14 bits per heavy atom. The van der Waals surface area contributed by atoms with E-state index >= 15 is 0 Å². The van der Waals surface area contributed by atoms with Gasteiger partial charge in [0, 0.05) is 11.6 Å². The highest BCUT2D eigenvalue weighted by molar-refractivity contribution is 7.17. The summed E-state index contributed by atoms with van der Waals surface area (Å²) in [7, 11) is 1.58. The number of amides is 1. The molecule has 6 aromatic rings. The average molecular weight is 513 g/mol. The van der Waals surface area contributed by atoms with Crippen molar-refractivity contribution in [1.82, 2.24) is 24.7 Å². The van der Waals surface area contributed by atoms with Crippen LogP contribution >= 0.6 is 11.3 Å². The summed E-state index contributed by atoms with van der Waals surface area (Å²) in [6, 6.07) is 15.3. The molecule has 182 valence electrons. The fourth-order valence-corrected chi connectivity index (χ4v) is 4.47. The van der Waals surface area contributed by atoms with E-state index in [1.807, 2.05) is 12.1 Å². The summed E-state index contributed by atoms with van der Waals surface area (Å²) in [5, 5.41) is 18.7. The second-order valence-corrected chi connectivity index (χ2v) is 8.83. The average Bonchev–Trinajstić information content (AvgIpc) is 3.68. The molecule has 6 rings (SSSR count). The van der Waals surface area contributed by atoms with Crippen LogP contribution in [0.25, 0.3) is 39.2 Å². The normalized spacial score (nSPS) is 11.2. The smallest absolute Gasteiger partial charge is 0.324 e. The molecule has 12 nitrogen and oxygen atoms in total. The molecule has 37 heavy (non-hydrogen) atoms. The number of oxazole rings is 1. The third-order valence-corrected chi connectivity index (χ3v) is 6.60. The van der Waals surface area contributed by atoms with Crippen molar-refractivity contribution in [3.05, 3.63) is 82.2 Å². The summed E-state index contributed by atoms with van der Waals surface area (Å²) in [4.78, 5) is 37.2. The van der Waals surface area contributed by atoms with E-state index < -0.39 is 10.8 Å². The number of carbonyl (C=O) groups is 1. The molecular formula is C24H15N7O5S. The van der Waals surface area contributed by atoms with Gasteiger partial charge < -0.3 is 14.5 Å². The van der Waals surface area contributed by atoms with Gasteiger partial charge in [-0.05, 0) is 48.5 Å². The highest BCUT2D eigenvalue weighted by Crippen LogP contribution is 2.30. The summed E-state index contributed by atoms with van der Waals surface area (Å²) in [5.41, 5.74) is 3.05. The minimum atomic E-state index is -0.540. The minimum Gasteiger partial charge on any atom is -0.497 e. The van der Waals surface area contributed by atoms with E-state index in [9.17, 15) is 14.9 Å². The van der Waals surface area contributed by atoms with Crippen molar-refractivity contribution >= 4 is 50.2 Å². The molecule has 0 aliphatic rings. The number of fused-ring (bicyclic) bond motifs is 2. The Labute approximate surface area is 211 Å². The van der Waals surface area contributed by atoms with Gasteiger partial charge in [0.2, 0.25) is 0 Å². The molecule has 0 spiro atoms. The van der Waals surface area contributed by atoms with Crippen molar-refractivity contribution in [2.24, 2.45) is 0 Å². The van der Waals surface area contributed by atoms with E-state index in [2.05, 4.69) is 20.4 Å². The third kappa shape index (κ3) is 4.02. The summed E-state index contributed by atoms with van der Waals surface area (Å²) in [5.74, 6) is 0.684. The molecule has 0 radical (unpaired) electrons. The van der Waals surface area contributed by atoms with Crippen LogP contribution in [0.2, 0.25) is 0 Å². The van der Waals surface area contributed by atoms with Gasteiger partial charge in [-0.3, -0.25) is 14.9 Å². The number of hydrogen-bond acceptors (Lipinski definition) is 10. The minimum absolute atomic E-state index is 0.132. The standard InChI is InChI=1S/C24H15N7O5S/c1-35-15-5-3-14(4-6-15)30-23-16(11-26-30)22(29-24(32)19-8-9-20(37-19)31(33)34)27-21(28-23)13-2-7-18-17(10-13)25-12-36-18/h2-12H,1H3,(H,27,28,29,32). The van der Waals surface area contributed by atoms with E-state index in [0.717, 1.165) is 17.0 Å². The maximum absolute atomic E-state index is 13.0. The number of aromatic nitrogens is 5. The highest BCUT2D eigenvalue weighted by atomic mass is 32.1. The number of nitro groups is 1. The van der Waals surface area contributed by atoms with Crippen LogP contribution < -0.4 is 10.1 Å². The van der Waals surface area contributed by atoms with E-state index in [4.69, 9.17) is 14.1 Å². The van der Waals surface area contributed by atoms with E-state index in [1.54, 1.807) is 48.3 Å². The maximum Gasteiger partial charge on any atom is 0.324 e. The number of ether oxygens (including phenoxy) is 1. The van der Waals surface area contributed by atoms with E-state index in [0.29, 0.717) is 39.3 Å². The lowest BCUT2D eigenvalue weighted by Gasteiger charge is -2.09. The Kier molecular flexibility index (Phi) is 5.31. The Balaban J connectivity index is 1.48. The van der Waals surface area contributed by atoms with Gasteiger partial charge in [0.1, 0.15) is 17.1 Å². The first-order valence-corrected chi connectivity index (χ1v) is 11.6. The largest absolute Gasteiger partial charge is 0.497 e. The summed E-state index contributed by atoms with van der Waals surface area (Å²) in [6.07, 6.45) is 2.90. The molecule has 4 aromatic heterocycles. The first-order chi connectivity index (χ1) is 18.0. The van der Waals surface area contributed by atoms with E-state index in [1.165, 1.54) is 18.5 Å². The molecule has 13 heteroatoms. The molecule has 0 atom stereocenters. The van der Waals surface area contributed by atoms with Crippen LogP contribution in [0.3, 0.4) is 0 Å². The molecule has 4 heterocycles. The van der Waals surface area contributed by atoms with Crippen LogP contribution in [-0.4, -0.2) is 42.7 Å². The lowest BCUT2D eigenvalue weighted by atomic mass is 10.2. The van der Waals surface area contributed by atoms with Crippen LogP contribution in [0, 0.1) is 10.1 Å². The Morgan fingerprint density at radius 2 is 1.97 bits per heavy atom. The van der Waals surface area contributed by atoms with Crippen molar-refractivity contribution < 1.29 is 18.9 Å². The fraction of sp³-hybridized carbons (Fsp3) is 0.0417. The molecular weight excluding hydrogens is 498 g/mol. The van der Waals surface area contributed by atoms with Crippen LogP contribution in [0.4, 0.5) is 10.8 Å². The number of methoxy groups -OCH3 is 1. The first-order valence-electron chi connectivity index (χ1n) is 10.8. The molecule has 1 N–H and O–H groups in total. The molecule has 0 saturated heterocycles. The number of carbonyl (C=O) groups excluding carboxylic acids is 1. The monoisotopic (exact) mass is 513 g/mol. The molecule has 0 saturated carbocycles. The fourth-order valence-electron chi connectivity index (χ4n) is 3.76. The predicted octanol–water partition coefficient (Wildman–Crippen LogP) is 4.85. The Morgan fingerprint density at radius 3 is 2.73 bits per heavy atom. The van der Waals surface area contributed by atoms with Crippen molar-refractivity contribution in [1.29, 1.82) is 0 Å². The Hall–Kier alpha value is -5.17. The number of rotatable bonds is 6. The number of nitrogens with zero attached hydrogens (tertiary/aromatic N) is 6. The van der Waals surface area contributed by atoms with Crippen molar-refractivity contribution in [3.8, 4) is 22.8 Å². The quantitative estimate of drug-likeness (QED) is 0.243. The molecule has 0 bridgehead atoms. The number of thiophene rings is 1. The van der Waals surface area contributed by atoms with Crippen molar-refractivity contribution in [3.63, 3.8) is 0 Å². The van der Waals surface area contributed by atoms with Crippen molar-refractivity contribution in [2.75, 3.05) is 12.4 Å². The molecule has 0 fully saturated rings. The highest BCUT2D eigenvalue weighted by Gasteiger charge is 2.20. The summed E-state index contributed by atoms with van der Waals surface area (Å²) >= 11 is 0.776. The maximum atomic E-state index is 13.0. The topological polar surface area (TPSA) is 151 Å². The van der Waals surface area contributed by atoms with Crippen LogP contribution in [0.1, 0.15) is 9.67 Å². The zero-order chi connectivity index (χ0) is 25.5. The molecule has 0 aliphatic heterocycles. The van der Waals surface area contributed by atoms with E-state index in [-0.39, 0.29) is 15.7 Å². The second-order valence-electron chi connectivity index (χ2n) is 7.77. The Bertz CT molecular complexity index is 1810. The van der Waals surface area contributed by atoms with Gasteiger partial charge in [0.05, 0.1) is 34.2 Å². The van der Waals surface area contributed by atoms with Gasteiger partial charge in [0.25, 0.3) is 5.91 Å². The zero-order valence-electron chi connectivity index (χ0n) is 19.0. The van der Waals surface area contributed by atoms with Gasteiger partial charge in [0.15, 0.2) is 23.4 Å². The predicted molar refractivity (Wildman–Crippen MR) is 135 cm³/mol. The van der Waals surface area contributed by atoms with Gasteiger partial charge in [-0.1, -0.05) is 11.3 Å². The SMILES string of the molecule is COc1ccc(-n2ncc3c(NC(=O)c4ccc([N+](=O)[O-])s4)nc(-c4ccc5ocnc5c4)nc32)cc1. The number of hydrogen-bond donors (Lipinski definition) is 1. The molecule has 0 unspecified atom stereocenters. The van der Waals surface area contributed by atoms with Gasteiger partial charge in [-0.2, -0.15) is 5.10 Å². The lowest BCUT2D eigenvalue weighted by molar-refractivity contribution is -0.380. The van der Waals surface area contributed by atoms with Gasteiger partial charge in [-0.15, -0.1) is 0 Å². The lowest BCUT2D eigenvalue weighted by Crippen LogP contribution is -2.12. The van der Waals surface area contributed by atoms with Gasteiger partial charge in [-0.25, -0.2) is 19.6 Å². The number of nitrogens with one attached hydrogen (secondary N) is 1. The van der Waals surface area contributed by atoms with Crippen molar-refractivity contribution in [2.45, 2.75) is 0 Å². The molecule has 1 amide bonds. The zero-order valence-corrected chi connectivity index (χ0v) is 19.8. The summed E-state index contributed by atoms with van der Waals surface area (Å²) in [6.45, 7) is 0. The van der Waals surface area contributed by atoms with Gasteiger partial charge >= 0.3 is 5.00 Å².